The summed E-state index contributed by atoms with van der Waals surface area (Å²) in [5.41, 5.74) is 3.26. The fourth-order valence-electron chi connectivity index (χ4n) is 3.81. The molecule has 0 radical (unpaired) electrons. The van der Waals surface area contributed by atoms with Gasteiger partial charge in [0.15, 0.2) is 0 Å². The van der Waals surface area contributed by atoms with E-state index in [0.717, 1.165) is 5.69 Å². The third kappa shape index (κ3) is 5.76. The number of hydrogen-bond donors (Lipinski definition) is 3. The Morgan fingerprint density at radius 3 is 2.69 bits per heavy atom. The van der Waals surface area contributed by atoms with Crippen LogP contribution in [0.1, 0.15) is 36.8 Å². The zero-order valence-corrected chi connectivity index (χ0v) is 20.8. The van der Waals surface area contributed by atoms with E-state index in [4.69, 9.17) is 9.47 Å². The molecule has 3 aromatic rings. The molecular formula is C26H30FN5O4. The monoisotopic (exact) mass is 495 g/mol. The minimum Gasteiger partial charge on any atom is -0.489 e. The first-order chi connectivity index (χ1) is 17.1. The third-order valence-corrected chi connectivity index (χ3v) is 5.52. The van der Waals surface area contributed by atoms with Gasteiger partial charge in [0.05, 0.1) is 29.7 Å². The summed E-state index contributed by atoms with van der Waals surface area (Å²) in [4.78, 5) is 34.0. The summed E-state index contributed by atoms with van der Waals surface area (Å²) in [7, 11) is 1.64. The second-order valence-electron chi connectivity index (χ2n) is 9.49. The van der Waals surface area contributed by atoms with Crippen LogP contribution in [-0.4, -0.2) is 59.2 Å². The Labute approximate surface area is 209 Å². The van der Waals surface area contributed by atoms with E-state index in [0.29, 0.717) is 53.5 Å². The lowest BCUT2D eigenvalue weighted by Gasteiger charge is -2.24. The molecule has 0 saturated heterocycles. The SMILES string of the molecule is CN(CCOc1cnccc1-c1[nH]c2c(c1Nc1ccc(F)cc1)C(=O)NCC2)C(=O)OC(C)(C)C. The molecule has 9 nitrogen and oxygen atoms in total. The maximum Gasteiger partial charge on any atom is 0.410 e. The first-order valence-electron chi connectivity index (χ1n) is 11.7. The van der Waals surface area contributed by atoms with E-state index < -0.39 is 11.7 Å². The molecule has 2 aromatic heterocycles. The van der Waals surface area contributed by atoms with Crippen molar-refractivity contribution in [2.75, 3.05) is 32.1 Å². The Morgan fingerprint density at radius 1 is 1.22 bits per heavy atom. The van der Waals surface area contributed by atoms with E-state index in [1.165, 1.54) is 17.0 Å². The molecule has 0 atom stereocenters. The van der Waals surface area contributed by atoms with Gasteiger partial charge in [-0.15, -0.1) is 0 Å². The van der Waals surface area contributed by atoms with Crippen LogP contribution >= 0.6 is 0 Å². The molecule has 1 aliphatic rings. The highest BCUT2D eigenvalue weighted by molar-refractivity contribution is 6.06. The van der Waals surface area contributed by atoms with E-state index >= 15 is 0 Å². The molecule has 1 aliphatic heterocycles. The normalized spacial score (nSPS) is 13.0. The Morgan fingerprint density at radius 2 is 1.97 bits per heavy atom. The van der Waals surface area contributed by atoms with Crippen LogP contribution < -0.4 is 15.4 Å². The van der Waals surface area contributed by atoms with Gasteiger partial charge in [-0.1, -0.05) is 0 Å². The molecular weight excluding hydrogens is 465 g/mol. The Balaban J connectivity index is 1.60. The lowest BCUT2D eigenvalue weighted by atomic mass is 10.0. The fraction of sp³-hybridized carbons (Fsp3) is 0.346. The van der Waals surface area contributed by atoms with E-state index in [2.05, 4.69) is 20.6 Å². The van der Waals surface area contributed by atoms with Gasteiger partial charge in [0.25, 0.3) is 5.91 Å². The van der Waals surface area contributed by atoms with Crippen molar-refractivity contribution in [3.63, 3.8) is 0 Å². The van der Waals surface area contributed by atoms with Gasteiger partial charge in [0.2, 0.25) is 0 Å². The molecule has 2 amide bonds. The maximum absolute atomic E-state index is 13.4. The number of rotatable bonds is 7. The van der Waals surface area contributed by atoms with Crippen molar-refractivity contribution in [2.24, 2.45) is 0 Å². The van der Waals surface area contributed by atoms with Crippen LogP contribution in [-0.2, 0) is 11.2 Å². The van der Waals surface area contributed by atoms with Gasteiger partial charge in [0.1, 0.15) is 23.8 Å². The molecule has 0 fully saturated rings. The summed E-state index contributed by atoms with van der Waals surface area (Å²) in [5.74, 6) is -0.0640. The Kier molecular flexibility index (Phi) is 7.14. The average Bonchev–Trinajstić information content (AvgIpc) is 3.19. The lowest BCUT2D eigenvalue weighted by Crippen LogP contribution is -2.36. The molecule has 0 saturated carbocycles. The minimum absolute atomic E-state index is 0.195. The largest absolute Gasteiger partial charge is 0.489 e. The van der Waals surface area contributed by atoms with Crippen LogP contribution in [0.4, 0.5) is 20.6 Å². The van der Waals surface area contributed by atoms with E-state index in [1.54, 1.807) is 37.6 Å². The number of likely N-dealkylation sites (N-methyl/N-ethyl adjacent to an activating group) is 1. The minimum atomic E-state index is -0.588. The number of anilines is 2. The topological polar surface area (TPSA) is 109 Å². The Bertz CT molecular complexity index is 1250. The highest BCUT2D eigenvalue weighted by Gasteiger charge is 2.28. The van der Waals surface area contributed by atoms with Crippen LogP contribution in [0.25, 0.3) is 11.3 Å². The van der Waals surface area contributed by atoms with Crippen LogP contribution in [0.3, 0.4) is 0 Å². The van der Waals surface area contributed by atoms with Crippen molar-refractivity contribution in [3.05, 3.63) is 59.8 Å². The maximum atomic E-state index is 13.4. The zero-order chi connectivity index (χ0) is 25.9. The van der Waals surface area contributed by atoms with Gasteiger partial charge in [0, 0.05) is 43.2 Å². The van der Waals surface area contributed by atoms with Gasteiger partial charge >= 0.3 is 6.09 Å². The summed E-state index contributed by atoms with van der Waals surface area (Å²) in [6, 6.07) is 7.70. The molecule has 3 heterocycles. The number of pyridine rings is 1. The number of nitrogens with one attached hydrogen (secondary N) is 3. The molecule has 190 valence electrons. The van der Waals surface area contributed by atoms with Gasteiger partial charge in [-0.25, -0.2) is 9.18 Å². The summed E-state index contributed by atoms with van der Waals surface area (Å²) in [6.45, 7) is 6.46. The van der Waals surface area contributed by atoms with Crippen LogP contribution in [0.2, 0.25) is 0 Å². The summed E-state index contributed by atoms with van der Waals surface area (Å²) < 4.78 is 24.8. The molecule has 1 aromatic carbocycles. The number of nitrogens with zero attached hydrogens (tertiary/aromatic N) is 2. The molecule has 0 aliphatic carbocycles. The van der Waals surface area contributed by atoms with Crippen LogP contribution in [0.15, 0.2) is 42.7 Å². The number of aromatic nitrogens is 2. The average molecular weight is 496 g/mol. The van der Waals surface area contributed by atoms with Gasteiger partial charge < -0.3 is 30.0 Å². The third-order valence-electron chi connectivity index (χ3n) is 5.52. The van der Waals surface area contributed by atoms with Crippen molar-refractivity contribution in [2.45, 2.75) is 32.8 Å². The molecule has 0 spiro atoms. The highest BCUT2D eigenvalue weighted by atomic mass is 19.1. The van der Waals surface area contributed by atoms with E-state index in [9.17, 15) is 14.0 Å². The standard InChI is InChI=1S/C26H30FN5O4/c1-26(2,3)36-25(34)32(4)13-14-35-20-15-28-11-9-18(20)22-23(30-17-7-5-16(27)6-8-17)21-19(31-22)10-12-29-24(21)33/h5-9,11,15,30-31H,10,12-14H2,1-4H3,(H,29,33). The number of hydrogen-bond acceptors (Lipinski definition) is 6. The second-order valence-corrected chi connectivity index (χ2v) is 9.49. The summed E-state index contributed by atoms with van der Waals surface area (Å²) in [6.07, 6.45) is 3.42. The zero-order valence-electron chi connectivity index (χ0n) is 20.8. The number of H-pyrrole nitrogens is 1. The fourth-order valence-corrected chi connectivity index (χ4v) is 3.81. The first kappa shape index (κ1) is 25.0. The Hall–Kier alpha value is -4.08. The van der Waals surface area contributed by atoms with E-state index in [1.807, 2.05) is 20.8 Å². The van der Waals surface area contributed by atoms with E-state index in [-0.39, 0.29) is 18.3 Å². The predicted octanol–water partition coefficient (Wildman–Crippen LogP) is 4.49. The number of carbonyl (C=O) groups excluding carboxylic acids is 2. The first-order valence-corrected chi connectivity index (χ1v) is 11.7. The molecule has 4 rings (SSSR count). The molecule has 10 heteroatoms. The van der Waals surface area contributed by atoms with Crippen molar-refractivity contribution < 1.29 is 23.5 Å². The summed E-state index contributed by atoms with van der Waals surface area (Å²) >= 11 is 0. The predicted molar refractivity (Wildman–Crippen MR) is 134 cm³/mol. The number of aromatic amines is 1. The number of halogens is 1. The smallest absolute Gasteiger partial charge is 0.410 e. The quantitative estimate of drug-likeness (QED) is 0.446. The van der Waals surface area contributed by atoms with Crippen molar-refractivity contribution in [3.8, 4) is 17.0 Å². The van der Waals surface area contributed by atoms with Crippen molar-refractivity contribution in [1.82, 2.24) is 20.2 Å². The van der Waals surface area contributed by atoms with Crippen molar-refractivity contribution in [1.29, 1.82) is 0 Å². The number of carbonyl (C=O) groups is 2. The number of ether oxygens (including phenoxy) is 2. The number of amides is 2. The van der Waals surface area contributed by atoms with Crippen molar-refractivity contribution >= 4 is 23.4 Å². The molecule has 3 N–H and O–H groups in total. The number of benzene rings is 1. The van der Waals surface area contributed by atoms with Crippen LogP contribution in [0.5, 0.6) is 5.75 Å². The summed E-state index contributed by atoms with van der Waals surface area (Å²) in [5, 5.41) is 6.15. The highest BCUT2D eigenvalue weighted by Crippen LogP contribution is 2.40. The number of fused-ring (bicyclic) bond motifs is 1. The van der Waals surface area contributed by atoms with Gasteiger partial charge in [-0.3, -0.25) is 9.78 Å². The molecule has 0 bridgehead atoms. The molecule has 36 heavy (non-hydrogen) atoms. The van der Waals surface area contributed by atoms with Gasteiger partial charge in [-0.2, -0.15) is 0 Å². The van der Waals surface area contributed by atoms with Gasteiger partial charge in [-0.05, 0) is 51.1 Å². The lowest BCUT2D eigenvalue weighted by molar-refractivity contribution is 0.0278. The van der Waals surface area contributed by atoms with Crippen LogP contribution in [0, 0.1) is 5.82 Å². The second kappa shape index (κ2) is 10.3. The molecule has 0 unspecified atom stereocenters.